The van der Waals surface area contributed by atoms with Gasteiger partial charge in [-0.25, -0.2) is 4.39 Å². The van der Waals surface area contributed by atoms with E-state index in [0.717, 1.165) is 5.56 Å². The number of para-hydroxylation sites is 1. The highest BCUT2D eigenvalue weighted by Crippen LogP contribution is 2.25. The molecule has 0 unspecified atom stereocenters. The van der Waals surface area contributed by atoms with E-state index >= 15 is 0 Å². The zero-order valence-electron chi connectivity index (χ0n) is 8.52. The Morgan fingerprint density at radius 1 is 1.29 bits per heavy atom. The van der Waals surface area contributed by atoms with Crippen LogP contribution in [-0.4, -0.2) is 6.04 Å². The summed E-state index contributed by atoms with van der Waals surface area (Å²) in [5.41, 5.74) is 1.69. The van der Waals surface area contributed by atoms with E-state index in [4.69, 9.17) is 0 Å². The molecule has 2 rings (SSSR count). The van der Waals surface area contributed by atoms with Crippen molar-refractivity contribution in [2.24, 2.45) is 0 Å². The summed E-state index contributed by atoms with van der Waals surface area (Å²) < 4.78 is 13.4. The third-order valence-electron chi connectivity index (χ3n) is 2.93. The fourth-order valence-corrected chi connectivity index (χ4v) is 2.09. The lowest BCUT2D eigenvalue weighted by Crippen LogP contribution is -2.16. The molecule has 0 atom stereocenters. The van der Waals surface area contributed by atoms with E-state index in [0.29, 0.717) is 11.7 Å². The second-order valence-electron chi connectivity index (χ2n) is 4.06. The maximum Gasteiger partial charge on any atom is 0.146 e. The maximum atomic E-state index is 13.4. The van der Waals surface area contributed by atoms with E-state index < -0.39 is 0 Å². The van der Waals surface area contributed by atoms with E-state index in [9.17, 15) is 4.39 Å². The first-order valence-corrected chi connectivity index (χ1v) is 5.29. The summed E-state index contributed by atoms with van der Waals surface area (Å²) in [5, 5.41) is 3.30. The number of anilines is 1. The summed E-state index contributed by atoms with van der Waals surface area (Å²) in [6.07, 6.45) is 4.89. The lowest BCUT2D eigenvalue weighted by Gasteiger charge is -2.16. The summed E-state index contributed by atoms with van der Waals surface area (Å²) in [7, 11) is 0. The van der Waals surface area contributed by atoms with E-state index in [-0.39, 0.29) is 5.82 Å². The van der Waals surface area contributed by atoms with Crippen LogP contribution in [0.1, 0.15) is 31.2 Å². The van der Waals surface area contributed by atoms with Crippen molar-refractivity contribution in [3.05, 3.63) is 29.6 Å². The van der Waals surface area contributed by atoms with Crippen molar-refractivity contribution in [1.82, 2.24) is 0 Å². The van der Waals surface area contributed by atoms with Crippen LogP contribution < -0.4 is 5.32 Å². The predicted octanol–water partition coefficient (Wildman–Crippen LogP) is 3.49. The highest BCUT2D eigenvalue weighted by molar-refractivity contribution is 5.52. The molecule has 0 radical (unpaired) electrons. The molecule has 0 bridgehead atoms. The number of rotatable bonds is 2. The number of hydrogen-bond donors (Lipinski definition) is 1. The quantitative estimate of drug-likeness (QED) is 0.758. The number of hydrogen-bond acceptors (Lipinski definition) is 1. The van der Waals surface area contributed by atoms with Crippen molar-refractivity contribution in [2.45, 2.75) is 38.6 Å². The molecular formula is C12H16FN. The van der Waals surface area contributed by atoms with Crippen LogP contribution in [0.4, 0.5) is 10.1 Å². The average molecular weight is 193 g/mol. The molecule has 0 aliphatic heterocycles. The molecular weight excluding hydrogens is 177 g/mol. The molecule has 0 amide bonds. The van der Waals surface area contributed by atoms with Gasteiger partial charge in [0.25, 0.3) is 0 Å². The first kappa shape index (κ1) is 9.50. The maximum absolute atomic E-state index is 13.4. The Morgan fingerprint density at radius 2 is 2.00 bits per heavy atom. The molecule has 1 N–H and O–H groups in total. The average Bonchev–Trinajstić information content (AvgIpc) is 2.64. The second kappa shape index (κ2) is 3.99. The number of nitrogens with one attached hydrogen (secondary N) is 1. The summed E-state index contributed by atoms with van der Waals surface area (Å²) in [4.78, 5) is 0. The normalized spacial score (nSPS) is 17.3. The molecule has 1 fully saturated rings. The zero-order valence-corrected chi connectivity index (χ0v) is 8.52. The summed E-state index contributed by atoms with van der Waals surface area (Å²) >= 11 is 0. The van der Waals surface area contributed by atoms with Crippen LogP contribution in [0.2, 0.25) is 0 Å². The fourth-order valence-electron chi connectivity index (χ4n) is 2.09. The highest BCUT2D eigenvalue weighted by Gasteiger charge is 2.16. The van der Waals surface area contributed by atoms with Crippen LogP contribution in [0.25, 0.3) is 0 Å². The third kappa shape index (κ3) is 1.89. The molecule has 1 saturated carbocycles. The Labute approximate surface area is 84.3 Å². The molecule has 0 saturated heterocycles. The van der Waals surface area contributed by atoms with Crippen molar-refractivity contribution >= 4 is 5.69 Å². The van der Waals surface area contributed by atoms with E-state index in [1.807, 2.05) is 13.0 Å². The standard InChI is InChI=1S/C12H16FN/c1-9-5-4-8-11(13)12(9)14-10-6-2-3-7-10/h4-5,8,10,14H,2-3,6-7H2,1H3. The Kier molecular flexibility index (Phi) is 2.71. The van der Waals surface area contributed by atoms with Gasteiger partial charge in [-0.1, -0.05) is 25.0 Å². The minimum absolute atomic E-state index is 0.128. The monoisotopic (exact) mass is 193 g/mol. The van der Waals surface area contributed by atoms with Gasteiger partial charge < -0.3 is 5.32 Å². The number of aryl methyl sites for hydroxylation is 1. The Balaban J connectivity index is 2.14. The SMILES string of the molecule is Cc1cccc(F)c1NC1CCCC1. The Bertz CT molecular complexity index is 296. The Hall–Kier alpha value is -1.05. The van der Waals surface area contributed by atoms with Crippen molar-refractivity contribution in [1.29, 1.82) is 0 Å². The topological polar surface area (TPSA) is 12.0 Å². The van der Waals surface area contributed by atoms with Gasteiger partial charge in [0, 0.05) is 6.04 Å². The van der Waals surface area contributed by atoms with Crippen LogP contribution in [0, 0.1) is 12.7 Å². The van der Waals surface area contributed by atoms with Crippen molar-refractivity contribution < 1.29 is 4.39 Å². The first-order chi connectivity index (χ1) is 6.77. The van der Waals surface area contributed by atoms with Gasteiger partial charge in [-0.15, -0.1) is 0 Å². The van der Waals surface area contributed by atoms with Crippen LogP contribution in [-0.2, 0) is 0 Å². The predicted molar refractivity (Wildman–Crippen MR) is 57.0 cm³/mol. The summed E-state index contributed by atoms with van der Waals surface area (Å²) in [6.45, 7) is 1.94. The first-order valence-electron chi connectivity index (χ1n) is 5.29. The summed E-state index contributed by atoms with van der Waals surface area (Å²) in [5.74, 6) is -0.128. The van der Waals surface area contributed by atoms with Gasteiger partial charge in [0.15, 0.2) is 0 Å². The Morgan fingerprint density at radius 3 is 2.64 bits per heavy atom. The van der Waals surface area contributed by atoms with E-state index in [1.54, 1.807) is 6.07 Å². The van der Waals surface area contributed by atoms with Crippen molar-refractivity contribution in [3.63, 3.8) is 0 Å². The second-order valence-corrected chi connectivity index (χ2v) is 4.06. The molecule has 1 aromatic carbocycles. The molecule has 14 heavy (non-hydrogen) atoms. The molecule has 0 heterocycles. The van der Waals surface area contributed by atoms with Crippen molar-refractivity contribution in [3.8, 4) is 0 Å². The lowest BCUT2D eigenvalue weighted by atomic mass is 10.1. The molecule has 1 aromatic rings. The third-order valence-corrected chi connectivity index (χ3v) is 2.93. The largest absolute Gasteiger partial charge is 0.380 e. The zero-order chi connectivity index (χ0) is 9.97. The van der Waals surface area contributed by atoms with Gasteiger partial charge in [0.2, 0.25) is 0 Å². The number of benzene rings is 1. The van der Waals surface area contributed by atoms with Gasteiger partial charge in [0.05, 0.1) is 5.69 Å². The van der Waals surface area contributed by atoms with Gasteiger partial charge in [-0.05, 0) is 31.4 Å². The molecule has 1 aliphatic rings. The molecule has 2 heteroatoms. The molecule has 0 spiro atoms. The van der Waals surface area contributed by atoms with Gasteiger partial charge in [-0.2, -0.15) is 0 Å². The van der Waals surface area contributed by atoms with Crippen LogP contribution in [0.3, 0.4) is 0 Å². The van der Waals surface area contributed by atoms with Crippen LogP contribution in [0.5, 0.6) is 0 Å². The van der Waals surface area contributed by atoms with E-state index in [2.05, 4.69) is 5.32 Å². The molecule has 1 aliphatic carbocycles. The van der Waals surface area contributed by atoms with Gasteiger partial charge >= 0.3 is 0 Å². The van der Waals surface area contributed by atoms with E-state index in [1.165, 1.54) is 31.7 Å². The van der Waals surface area contributed by atoms with Gasteiger partial charge in [0.1, 0.15) is 5.82 Å². The smallest absolute Gasteiger partial charge is 0.146 e. The van der Waals surface area contributed by atoms with Gasteiger partial charge in [-0.3, -0.25) is 0 Å². The fraction of sp³-hybridized carbons (Fsp3) is 0.500. The number of halogens is 1. The lowest BCUT2D eigenvalue weighted by molar-refractivity contribution is 0.623. The molecule has 76 valence electrons. The highest BCUT2D eigenvalue weighted by atomic mass is 19.1. The van der Waals surface area contributed by atoms with Crippen LogP contribution in [0.15, 0.2) is 18.2 Å². The molecule has 1 nitrogen and oxygen atoms in total. The summed E-state index contributed by atoms with van der Waals surface area (Å²) in [6, 6.07) is 5.69. The van der Waals surface area contributed by atoms with Crippen LogP contribution >= 0.6 is 0 Å². The molecule has 0 aromatic heterocycles. The minimum atomic E-state index is -0.128. The minimum Gasteiger partial charge on any atom is -0.380 e. The van der Waals surface area contributed by atoms with Crippen molar-refractivity contribution in [2.75, 3.05) is 5.32 Å².